The molecule has 0 bridgehead atoms. The molecule has 3 nitrogen and oxygen atoms in total. The Balaban J connectivity index is 1.58. The van der Waals surface area contributed by atoms with Crippen molar-refractivity contribution < 1.29 is 4.79 Å². The van der Waals surface area contributed by atoms with E-state index in [0.29, 0.717) is 13.0 Å². The van der Waals surface area contributed by atoms with Gasteiger partial charge in [-0.25, -0.2) is 0 Å². The van der Waals surface area contributed by atoms with Crippen LogP contribution in [0.3, 0.4) is 0 Å². The third kappa shape index (κ3) is 4.00. The van der Waals surface area contributed by atoms with Crippen LogP contribution in [-0.4, -0.2) is 5.91 Å². The van der Waals surface area contributed by atoms with Crippen molar-refractivity contribution in [2.75, 3.05) is 0 Å². The molecule has 3 rings (SSSR count). The summed E-state index contributed by atoms with van der Waals surface area (Å²) in [6.07, 6.45) is 0.392. The standard InChI is InChI=1S/C21H22N2O/c1-15(22)18-9-6-16(7-10-18)14-23-21(24)13-17-8-11-19-4-2-3-5-20(19)12-17/h2-12,15H,13-14,22H2,1H3,(H,23,24)/t15-/m0/s1. The molecule has 0 heterocycles. The minimum absolute atomic E-state index is 0.0292. The monoisotopic (exact) mass is 318 g/mol. The van der Waals surface area contributed by atoms with E-state index in [4.69, 9.17) is 5.73 Å². The van der Waals surface area contributed by atoms with E-state index in [-0.39, 0.29) is 11.9 Å². The van der Waals surface area contributed by atoms with Crippen LogP contribution >= 0.6 is 0 Å². The fourth-order valence-corrected chi connectivity index (χ4v) is 2.74. The lowest BCUT2D eigenvalue weighted by atomic mass is 10.0. The maximum absolute atomic E-state index is 12.2. The van der Waals surface area contributed by atoms with Crippen molar-refractivity contribution in [2.24, 2.45) is 5.73 Å². The first-order chi connectivity index (χ1) is 11.6. The van der Waals surface area contributed by atoms with E-state index in [0.717, 1.165) is 22.1 Å². The van der Waals surface area contributed by atoms with E-state index in [2.05, 4.69) is 29.6 Å². The highest BCUT2D eigenvalue weighted by molar-refractivity contribution is 5.85. The molecule has 1 atom stereocenters. The molecule has 24 heavy (non-hydrogen) atoms. The highest BCUT2D eigenvalue weighted by Crippen LogP contribution is 2.16. The van der Waals surface area contributed by atoms with Gasteiger partial charge in [0.2, 0.25) is 5.91 Å². The van der Waals surface area contributed by atoms with Crippen molar-refractivity contribution in [2.45, 2.75) is 25.9 Å². The van der Waals surface area contributed by atoms with Gasteiger partial charge in [0, 0.05) is 12.6 Å². The number of nitrogens with two attached hydrogens (primary N) is 1. The normalized spacial score (nSPS) is 12.1. The first-order valence-corrected chi connectivity index (χ1v) is 8.20. The van der Waals surface area contributed by atoms with Crippen LogP contribution in [-0.2, 0) is 17.8 Å². The van der Waals surface area contributed by atoms with E-state index >= 15 is 0 Å². The van der Waals surface area contributed by atoms with Gasteiger partial charge in [-0.1, -0.05) is 66.7 Å². The van der Waals surface area contributed by atoms with Gasteiger partial charge >= 0.3 is 0 Å². The summed E-state index contributed by atoms with van der Waals surface area (Å²) >= 11 is 0. The van der Waals surface area contributed by atoms with Crippen LogP contribution in [0.1, 0.15) is 29.7 Å². The second kappa shape index (κ2) is 7.28. The summed E-state index contributed by atoms with van der Waals surface area (Å²) in [5.74, 6) is 0.0292. The Labute approximate surface area is 142 Å². The molecule has 0 aliphatic heterocycles. The largest absolute Gasteiger partial charge is 0.352 e. The maximum Gasteiger partial charge on any atom is 0.224 e. The minimum Gasteiger partial charge on any atom is -0.352 e. The molecule has 0 saturated heterocycles. The second-order valence-electron chi connectivity index (χ2n) is 6.17. The summed E-state index contributed by atoms with van der Waals surface area (Å²) in [4.78, 5) is 12.2. The predicted molar refractivity (Wildman–Crippen MR) is 98.5 cm³/mol. The van der Waals surface area contributed by atoms with Crippen LogP contribution in [0.5, 0.6) is 0 Å². The third-order valence-electron chi connectivity index (χ3n) is 4.17. The molecule has 0 radical (unpaired) electrons. The predicted octanol–water partition coefficient (Wildman–Crippen LogP) is 3.72. The number of rotatable bonds is 5. The SMILES string of the molecule is C[C@H](N)c1ccc(CNC(=O)Cc2ccc3ccccc3c2)cc1. The van der Waals surface area contributed by atoms with Gasteiger partial charge in [-0.3, -0.25) is 4.79 Å². The molecule has 0 saturated carbocycles. The van der Waals surface area contributed by atoms with Gasteiger partial charge in [-0.15, -0.1) is 0 Å². The van der Waals surface area contributed by atoms with Crippen LogP contribution < -0.4 is 11.1 Å². The molecule has 3 aromatic rings. The molecule has 1 amide bonds. The minimum atomic E-state index is 0.0292. The highest BCUT2D eigenvalue weighted by Gasteiger charge is 2.05. The Morgan fingerprint density at radius 3 is 2.33 bits per heavy atom. The van der Waals surface area contributed by atoms with Crippen LogP contribution in [0, 0.1) is 0 Å². The molecule has 3 N–H and O–H groups in total. The number of amides is 1. The zero-order chi connectivity index (χ0) is 16.9. The smallest absolute Gasteiger partial charge is 0.224 e. The summed E-state index contributed by atoms with van der Waals surface area (Å²) < 4.78 is 0. The summed E-state index contributed by atoms with van der Waals surface area (Å²) in [6.45, 7) is 2.49. The Morgan fingerprint density at radius 1 is 0.958 bits per heavy atom. The Hall–Kier alpha value is -2.65. The number of carbonyl (C=O) groups is 1. The second-order valence-corrected chi connectivity index (χ2v) is 6.17. The summed E-state index contributed by atoms with van der Waals surface area (Å²) in [7, 11) is 0. The number of carbonyl (C=O) groups excluding carboxylic acids is 1. The molecule has 122 valence electrons. The average molecular weight is 318 g/mol. The van der Waals surface area contributed by atoms with Gasteiger partial charge in [0.05, 0.1) is 6.42 Å². The lowest BCUT2D eigenvalue weighted by Crippen LogP contribution is -2.24. The van der Waals surface area contributed by atoms with E-state index in [1.807, 2.05) is 49.4 Å². The third-order valence-corrected chi connectivity index (χ3v) is 4.17. The molecular weight excluding hydrogens is 296 g/mol. The first kappa shape index (κ1) is 16.2. The van der Waals surface area contributed by atoms with Crippen molar-refractivity contribution in [1.29, 1.82) is 0 Å². The number of nitrogens with one attached hydrogen (secondary N) is 1. The number of hydrogen-bond donors (Lipinski definition) is 2. The van der Waals surface area contributed by atoms with Crippen molar-refractivity contribution in [1.82, 2.24) is 5.32 Å². The highest BCUT2D eigenvalue weighted by atomic mass is 16.1. The molecule has 0 spiro atoms. The fraction of sp³-hybridized carbons (Fsp3) is 0.190. The molecule has 0 fully saturated rings. The summed E-state index contributed by atoms with van der Waals surface area (Å²) in [5, 5.41) is 5.33. The average Bonchev–Trinajstić information content (AvgIpc) is 2.60. The fourth-order valence-electron chi connectivity index (χ4n) is 2.74. The Bertz CT molecular complexity index is 838. The van der Waals surface area contributed by atoms with Gasteiger partial charge in [0.1, 0.15) is 0 Å². The molecule has 3 aromatic carbocycles. The molecule has 0 aromatic heterocycles. The maximum atomic E-state index is 12.2. The lowest BCUT2D eigenvalue weighted by molar-refractivity contribution is -0.120. The van der Waals surface area contributed by atoms with Crippen LogP contribution in [0.2, 0.25) is 0 Å². The van der Waals surface area contributed by atoms with Gasteiger partial charge in [-0.2, -0.15) is 0 Å². The topological polar surface area (TPSA) is 55.1 Å². The first-order valence-electron chi connectivity index (χ1n) is 8.20. The number of hydrogen-bond acceptors (Lipinski definition) is 2. The zero-order valence-electron chi connectivity index (χ0n) is 13.8. The van der Waals surface area contributed by atoms with Gasteiger partial charge in [0.25, 0.3) is 0 Å². The van der Waals surface area contributed by atoms with E-state index < -0.39 is 0 Å². The van der Waals surface area contributed by atoms with Gasteiger partial charge in [0.15, 0.2) is 0 Å². The molecular formula is C21H22N2O. The van der Waals surface area contributed by atoms with E-state index in [9.17, 15) is 4.79 Å². The Morgan fingerprint density at radius 2 is 1.62 bits per heavy atom. The van der Waals surface area contributed by atoms with Crippen molar-refractivity contribution in [3.63, 3.8) is 0 Å². The van der Waals surface area contributed by atoms with Crippen LogP contribution in [0.4, 0.5) is 0 Å². The summed E-state index contributed by atoms with van der Waals surface area (Å²) in [5.41, 5.74) is 9.04. The molecule has 0 aliphatic rings. The van der Waals surface area contributed by atoms with Crippen molar-refractivity contribution in [3.8, 4) is 0 Å². The Kier molecular flexibility index (Phi) is 4.92. The van der Waals surface area contributed by atoms with Gasteiger partial charge in [-0.05, 0) is 34.4 Å². The van der Waals surface area contributed by atoms with Crippen LogP contribution in [0.15, 0.2) is 66.7 Å². The van der Waals surface area contributed by atoms with Gasteiger partial charge < -0.3 is 11.1 Å². The van der Waals surface area contributed by atoms with Crippen molar-refractivity contribution >= 4 is 16.7 Å². The zero-order valence-corrected chi connectivity index (χ0v) is 13.8. The van der Waals surface area contributed by atoms with E-state index in [1.54, 1.807) is 0 Å². The molecule has 3 heteroatoms. The van der Waals surface area contributed by atoms with Crippen molar-refractivity contribution in [3.05, 3.63) is 83.4 Å². The lowest BCUT2D eigenvalue weighted by Gasteiger charge is -2.09. The van der Waals surface area contributed by atoms with Crippen LogP contribution in [0.25, 0.3) is 10.8 Å². The molecule has 0 unspecified atom stereocenters. The quantitative estimate of drug-likeness (QED) is 0.753. The molecule has 0 aliphatic carbocycles. The number of benzene rings is 3. The number of fused-ring (bicyclic) bond motifs is 1. The van der Waals surface area contributed by atoms with E-state index in [1.165, 1.54) is 5.39 Å². The summed E-state index contributed by atoms with van der Waals surface area (Å²) in [6, 6.07) is 22.4.